The van der Waals surface area contributed by atoms with Crippen molar-refractivity contribution in [1.29, 1.82) is 0 Å². The molecule has 3 nitrogen and oxygen atoms in total. The molecule has 0 aliphatic rings. The lowest BCUT2D eigenvalue weighted by Crippen LogP contribution is -2.31. The summed E-state index contributed by atoms with van der Waals surface area (Å²) in [5.74, 6) is -0.258. The normalized spacial score (nSPS) is 13.4. The van der Waals surface area contributed by atoms with E-state index in [4.69, 9.17) is 9.47 Å². The summed E-state index contributed by atoms with van der Waals surface area (Å²) in [7, 11) is 0. The lowest BCUT2D eigenvalue weighted by Gasteiger charge is -2.27. The minimum atomic E-state index is -0.466. The molecule has 1 atom stereocenters. The maximum absolute atomic E-state index is 10.8. The standard InChI is InChI=1S/C11H20O3/c1-6-7-13-9(2)8-11(4,5)14-10(3)12/h6,9H,1,7-8H2,2-5H3/t9-/m1/s1. The van der Waals surface area contributed by atoms with Gasteiger partial charge in [-0.1, -0.05) is 6.08 Å². The van der Waals surface area contributed by atoms with Crippen LogP contribution in [0.5, 0.6) is 0 Å². The van der Waals surface area contributed by atoms with Crippen LogP contribution in [0.1, 0.15) is 34.1 Å². The zero-order valence-corrected chi connectivity index (χ0v) is 9.50. The van der Waals surface area contributed by atoms with Gasteiger partial charge in [0.05, 0.1) is 12.7 Å². The molecule has 3 heteroatoms. The molecule has 82 valence electrons. The van der Waals surface area contributed by atoms with E-state index in [1.165, 1.54) is 6.92 Å². The summed E-state index contributed by atoms with van der Waals surface area (Å²) in [4.78, 5) is 10.8. The van der Waals surface area contributed by atoms with Crippen molar-refractivity contribution in [2.75, 3.05) is 6.61 Å². The van der Waals surface area contributed by atoms with Crippen LogP contribution in [0.4, 0.5) is 0 Å². The molecule has 0 rings (SSSR count). The molecule has 0 aromatic heterocycles. The third kappa shape index (κ3) is 6.66. The predicted molar refractivity (Wildman–Crippen MR) is 56.1 cm³/mol. The van der Waals surface area contributed by atoms with Gasteiger partial charge in [-0.05, 0) is 20.8 Å². The van der Waals surface area contributed by atoms with Crippen LogP contribution in [0.15, 0.2) is 12.7 Å². The Morgan fingerprint density at radius 3 is 2.57 bits per heavy atom. The summed E-state index contributed by atoms with van der Waals surface area (Å²) in [6.45, 7) is 11.2. The van der Waals surface area contributed by atoms with Gasteiger partial charge >= 0.3 is 5.97 Å². The van der Waals surface area contributed by atoms with Crippen molar-refractivity contribution in [2.24, 2.45) is 0 Å². The highest BCUT2D eigenvalue weighted by molar-refractivity contribution is 5.66. The molecule has 0 heterocycles. The maximum Gasteiger partial charge on any atom is 0.303 e. The number of hydrogen-bond donors (Lipinski definition) is 0. The first kappa shape index (κ1) is 13.2. The van der Waals surface area contributed by atoms with Gasteiger partial charge in [0.25, 0.3) is 0 Å². The highest BCUT2D eigenvalue weighted by atomic mass is 16.6. The molecule has 0 unspecified atom stereocenters. The van der Waals surface area contributed by atoms with Crippen LogP contribution in [-0.4, -0.2) is 24.3 Å². The Labute approximate surface area is 86.1 Å². The van der Waals surface area contributed by atoms with E-state index in [2.05, 4.69) is 6.58 Å². The van der Waals surface area contributed by atoms with Gasteiger partial charge in [0.15, 0.2) is 0 Å². The molecule has 0 radical (unpaired) electrons. The van der Waals surface area contributed by atoms with Crippen molar-refractivity contribution in [3.8, 4) is 0 Å². The SMILES string of the molecule is C=CCO[C@H](C)CC(C)(C)OC(C)=O. The Bertz CT molecular complexity index is 197. The number of esters is 1. The van der Waals surface area contributed by atoms with Gasteiger partial charge in [-0.15, -0.1) is 6.58 Å². The fourth-order valence-corrected chi connectivity index (χ4v) is 1.41. The van der Waals surface area contributed by atoms with E-state index < -0.39 is 5.60 Å². The summed E-state index contributed by atoms with van der Waals surface area (Å²) in [5.41, 5.74) is -0.466. The molecular weight excluding hydrogens is 180 g/mol. The van der Waals surface area contributed by atoms with E-state index in [1.807, 2.05) is 20.8 Å². The van der Waals surface area contributed by atoms with Crippen molar-refractivity contribution < 1.29 is 14.3 Å². The van der Waals surface area contributed by atoms with E-state index in [0.717, 1.165) is 0 Å². The van der Waals surface area contributed by atoms with E-state index in [0.29, 0.717) is 13.0 Å². The van der Waals surface area contributed by atoms with E-state index in [1.54, 1.807) is 6.08 Å². The maximum atomic E-state index is 10.8. The van der Waals surface area contributed by atoms with Crippen LogP contribution in [0, 0.1) is 0 Å². The molecule has 0 aliphatic carbocycles. The predicted octanol–water partition coefficient (Wildman–Crippen LogP) is 2.31. The van der Waals surface area contributed by atoms with Crippen LogP contribution >= 0.6 is 0 Å². The summed E-state index contributed by atoms with van der Waals surface area (Å²) >= 11 is 0. The number of ether oxygens (including phenoxy) is 2. The van der Waals surface area contributed by atoms with Gasteiger partial charge in [-0.25, -0.2) is 0 Å². The number of carbonyl (C=O) groups is 1. The van der Waals surface area contributed by atoms with Crippen LogP contribution in [0.2, 0.25) is 0 Å². The minimum absolute atomic E-state index is 0.0577. The topological polar surface area (TPSA) is 35.5 Å². The summed E-state index contributed by atoms with van der Waals surface area (Å²) in [5, 5.41) is 0. The first-order valence-corrected chi connectivity index (χ1v) is 4.79. The van der Waals surface area contributed by atoms with Crippen LogP contribution in [0.25, 0.3) is 0 Å². The van der Waals surface area contributed by atoms with Crippen molar-refractivity contribution in [3.05, 3.63) is 12.7 Å². The Kier molecular flexibility index (Phi) is 5.46. The van der Waals surface area contributed by atoms with Crippen molar-refractivity contribution in [1.82, 2.24) is 0 Å². The molecule has 0 aromatic carbocycles. The van der Waals surface area contributed by atoms with Crippen molar-refractivity contribution in [2.45, 2.75) is 45.8 Å². The van der Waals surface area contributed by atoms with E-state index >= 15 is 0 Å². The number of carbonyl (C=O) groups excluding carboxylic acids is 1. The van der Waals surface area contributed by atoms with Gasteiger partial charge in [0.1, 0.15) is 5.60 Å². The molecule has 0 saturated carbocycles. The second-order valence-electron chi connectivity index (χ2n) is 3.99. The lowest BCUT2D eigenvalue weighted by atomic mass is 10.0. The number of rotatable bonds is 6. The highest BCUT2D eigenvalue weighted by Crippen LogP contribution is 2.18. The first-order chi connectivity index (χ1) is 6.37. The average molecular weight is 200 g/mol. The Morgan fingerprint density at radius 2 is 2.14 bits per heavy atom. The highest BCUT2D eigenvalue weighted by Gasteiger charge is 2.24. The van der Waals surface area contributed by atoms with Gasteiger partial charge in [0.2, 0.25) is 0 Å². The lowest BCUT2D eigenvalue weighted by molar-refractivity contribution is -0.156. The Balaban J connectivity index is 3.93. The van der Waals surface area contributed by atoms with Gasteiger partial charge in [-0.2, -0.15) is 0 Å². The van der Waals surface area contributed by atoms with E-state index in [-0.39, 0.29) is 12.1 Å². The monoisotopic (exact) mass is 200 g/mol. The smallest absolute Gasteiger partial charge is 0.303 e. The molecular formula is C11H20O3. The molecule has 0 bridgehead atoms. The van der Waals surface area contributed by atoms with Crippen molar-refractivity contribution >= 4 is 5.97 Å². The van der Waals surface area contributed by atoms with Gasteiger partial charge in [0, 0.05) is 13.3 Å². The molecule has 0 spiro atoms. The average Bonchev–Trinajstić information content (AvgIpc) is 1.96. The summed E-state index contributed by atoms with van der Waals surface area (Å²) in [6.07, 6.45) is 2.44. The first-order valence-electron chi connectivity index (χ1n) is 4.79. The molecule has 0 fully saturated rings. The van der Waals surface area contributed by atoms with Crippen molar-refractivity contribution in [3.63, 3.8) is 0 Å². The van der Waals surface area contributed by atoms with Crippen LogP contribution < -0.4 is 0 Å². The second kappa shape index (κ2) is 5.81. The third-order valence-electron chi connectivity index (χ3n) is 1.70. The van der Waals surface area contributed by atoms with Gasteiger partial charge in [-0.3, -0.25) is 4.79 Å². The summed E-state index contributed by atoms with van der Waals surface area (Å²) < 4.78 is 10.5. The molecule has 0 aliphatic heterocycles. The molecule has 0 N–H and O–H groups in total. The Morgan fingerprint density at radius 1 is 1.57 bits per heavy atom. The zero-order chi connectivity index (χ0) is 11.2. The fourth-order valence-electron chi connectivity index (χ4n) is 1.41. The third-order valence-corrected chi connectivity index (χ3v) is 1.70. The molecule has 0 amide bonds. The molecule has 14 heavy (non-hydrogen) atoms. The molecule has 0 saturated heterocycles. The quantitative estimate of drug-likeness (QED) is 0.487. The fraction of sp³-hybridized carbons (Fsp3) is 0.727. The Hall–Kier alpha value is -0.830. The molecule has 0 aromatic rings. The number of hydrogen-bond acceptors (Lipinski definition) is 3. The zero-order valence-electron chi connectivity index (χ0n) is 9.50. The van der Waals surface area contributed by atoms with E-state index in [9.17, 15) is 4.79 Å². The summed E-state index contributed by atoms with van der Waals surface area (Å²) in [6, 6.07) is 0. The largest absolute Gasteiger partial charge is 0.460 e. The van der Waals surface area contributed by atoms with Crippen LogP contribution in [0.3, 0.4) is 0 Å². The van der Waals surface area contributed by atoms with Crippen LogP contribution in [-0.2, 0) is 14.3 Å². The minimum Gasteiger partial charge on any atom is -0.460 e. The van der Waals surface area contributed by atoms with Gasteiger partial charge < -0.3 is 9.47 Å². The second-order valence-corrected chi connectivity index (χ2v) is 3.99.